The Morgan fingerprint density at radius 2 is 1.43 bits per heavy atom. The van der Waals surface area contributed by atoms with Gasteiger partial charge < -0.3 is 29.7 Å². The number of nitrogens with one attached hydrogen (secondary N) is 3. The first-order valence-electron chi connectivity index (χ1n) is 22.7. The average Bonchev–Trinajstić information content (AvgIpc) is 4.15. The number of rotatable bonds is 10. The van der Waals surface area contributed by atoms with Crippen LogP contribution < -0.4 is 15.5 Å². The third kappa shape index (κ3) is 10.3. The summed E-state index contributed by atoms with van der Waals surface area (Å²) in [4.78, 5) is 48.3. The molecule has 13 nitrogen and oxygen atoms in total. The van der Waals surface area contributed by atoms with Crippen LogP contribution in [0.4, 0.5) is 38.0 Å². The van der Waals surface area contributed by atoms with Gasteiger partial charge in [0, 0.05) is 78.4 Å². The summed E-state index contributed by atoms with van der Waals surface area (Å²) in [6.07, 6.45) is -4.33. The van der Waals surface area contributed by atoms with Crippen molar-refractivity contribution >= 4 is 76.7 Å². The molecular formula is C48H48F6N12OS2. The van der Waals surface area contributed by atoms with Crippen LogP contribution in [0.15, 0.2) is 66.0 Å². The second-order valence-corrected chi connectivity index (χ2v) is 21.1. The van der Waals surface area contributed by atoms with E-state index in [0.717, 1.165) is 145 Å². The molecule has 0 amide bonds. The third-order valence-corrected chi connectivity index (χ3v) is 15.7. The highest BCUT2D eigenvalue weighted by molar-refractivity contribution is 7.19. The van der Waals surface area contributed by atoms with Gasteiger partial charge in [0.15, 0.2) is 0 Å². The first-order chi connectivity index (χ1) is 32.9. The molecule has 0 aliphatic carbocycles. The molecule has 2 atom stereocenters. The molecule has 3 aliphatic heterocycles. The summed E-state index contributed by atoms with van der Waals surface area (Å²) in [5.74, 6) is 1.89. The summed E-state index contributed by atoms with van der Waals surface area (Å²) in [6.45, 7) is 9.90. The second-order valence-electron chi connectivity index (χ2n) is 18.8. The number of aromatic nitrogens is 7. The number of fused-ring (bicyclic) bond motifs is 4. The molecule has 69 heavy (non-hydrogen) atoms. The molecule has 0 bridgehead atoms. The Morgan fingerprint density at radius 3 is 2.12 bits per heavy atom. The van der Waals surface area contributed by atoms with E-state index in [0.29, 0.717) is 26.7 Å². The molecule has 9 heterocycles. The van der Waals surface area contributed by atoms with Gasteiger partial charge in [0.2, 0.25) is 0 Å². The number of benzene rings is 2. The Morgan fingerprint density at radius 1 is 0.783 bits per heavy atom. The summed E-state index contributed by atoms with van der Waals surface area (Å²) in [5, 5.41) is 11.7. The van der Waals surface area contributed by atoms with Crippen molar-refractivity contribution in [3.05, 3.63) is 104 Å². The summed E-state index contributed by atoms with van der Waals surface area (Å²) in [7, 11) is 2.07. The van der Waals surface area contributed by atoms with Crippen LogP contribution in [0, 0.1) is 29.6 Å². The van der Waals surface area contributed by atoms with Gasteiger partial charge in [-0.2, -0.15) is 31.6 Å². The minimum atomic E-state index is -4.24. The van der Waals surface area contributed by atoms with Gasteiger partial charge >= 0.3 is 18.0 Å². The number of alkyl halides is 6. The van der Waals surface area contributed by atoms with E-state index in [1.165, 1.54) is 23.8 Å². The largest absolute Gasteiger partial charge is 0.393 e. The summed E-state index contributed by atoms with van der Waals surface area (Å²) >= 11 is 2.18. The molecule has 8 aromatic rings. The van der Waals surface area contributed by atoms with Gasteiger partial charge in [-0.15, -0.1) is 22.7 Å². The topological polar surface area (TPSA) is 153 Å². The molecule has 21 heteroatoms. The highest BCUT2D eigenvalue weighted by Gasteiger charge is 2.44. The van der Waals surface area contributed by atoms with E-state index in [1.54, 1.807) is 12.1 Å². The number of H-pyrrole nitrogens is 3. The highest BCUT2D eigenvalue weighted by atomic mass is 32.1. The van der Waals surface area contributed by atoms with Gasteiger partial charge in [0.25, 0.3) is 0 Å². The van der Waals surface area contributed by atoms with Crippen molar-refractivity contribution in [2.24, 2.45) is 11.3 Å². The predicted octanol–water partition coefficient (Wildman–Crippen LogP) is 9.48. The highest BCUT2D eigenvalue weighted by Crippen LogP contribution is 2.44. The number of nitrogens with zero attached hydrogens (tertiary/aromatic N) is 9. The zero-order valence-corrected chi connectivity index (χ0v) is 39.4. The minimum absolute atomic E-state index is 0.155. The number of aryl methyl sites for hydroxylation is 1. The zero-order chi connectivity index (χ0) is 48.2. The van der Waals surface area contributed by atoms with E-state index >= 15 is 0 Å². The number of aromatic amines is 3. The van der Waals surface area contributed by atoms with Crippen molar-refractivity contribution in [3.63, 3.8) is 0 Å². The lowest BCUT2D eigenvalue weighted by atomic mass is 9.86. The first-order valence-corrected chi connectivity index (χ1v) is 24.3. The molecule has 360 valence electrons. The maximum atomic E-state index is 12.9. The van der Waals surface area contributed by atoms with Crippen molar-refractivity contribution in [1.29, 1.82) is 5.26 Å². The number of likely N-dealkylation sites (tertiary alicyclic amines) is 1. The molecule has 1 unspecified atom stereocenters. The molecule has 0 saturated carbocycles. The Bertz CT molecular complexity index is 3280. The lowest BCUT2D eigenvalue weighted by molar-refractivity contribution is -0.127. The van der Waals surface area contributed by atoms with Gasteiger partial charge in [0.05, 0.1) is 34.6 Å². The van der Waals surface area contributed by atoms with Gasteiger partial charge in [-0.05, 0) is 98.8 Å². The molecule has 6 aromatic heterocycles. The van der Waals surface area contributed by atoms with Crippen LogP contribution in [0.1, 0.15) is 51.4 Å². The van der Waals surface area contributed by atoms with Crippen LogP contribution >= 0.6 is 22.7 Å². The van der Waals surface area contributed by atoms with Crippen molar-refractivity contribution < 1.29 is 26.3 Å². The van der Waals surface area contributed by atoms with Crippen LogP contribution in [-0.2, 0) is 25.9 Å². The number of halogens is 6. The lowest BCUT2D eigenvalue weighted by Crippen LogP contribution is -2.31. The fourth-order valence-corrected chi connectivity index (χ4v) is 12.5. The normalized spacial score (nSPS) is 19.0. The summed E-state index contributed by atoms with van der Waals surface area (Å²) in [5.41, 5.74) is 6.68. The van der Waals surface area contributed by atoms with E-state index in [9.17, 15) is 36.4 Å². The smallest absolute Gasteiger partial charge is 0.356 e. The first kappa shape index (κ1) is 46.6. The number of hydrogen-bond acceptors (Lipinski definition) is 12. The quantitative estimate of drug-likeness (QED) is 0.113. The van der Waals surface area contributed by atoms with Gasteiger partial charge in [-0.1, -0.05) is 12.1 Å². The van der Waals surface area contributed by atoms with E-state index < -0.39 is 25.2 Å². The van der Waals surface area contributed by atoms with Gasteiger partial charge in [0.1, 0.15) is 45.7 Å². The molecule has 3 fully saturated rings. The van der Waals surface area contributed by atoms with E-state index in [-0.39, 0.29) is 20.9 Å². The lowest BCUT2D eigenvalue weighted by Gasteiger charge is -2.25. The van der Waals surface area contributed by atoms with Crippen molar-refractivity contribution in [1.82, 2.24) is 44.7 Å². The van der Waals surface area contributed by atoms with Crippen molar-refractivity contribution in [2.45, 2.75) is 64.5 Å². The van der Waals surface area contributed by atoms with E-state index in [1.807, 2.05) is 24.3 Å². The SMILES string of the molecule is CN(Cc1ccc2[nH]c(=O)[nH]c2c1)CC1CCN(c2ncnc3sc(CC(F)(F)F)cc23)C1.Cc1c(CN2CC[C@]3(CCN(c4ncnc5sc(CC(F)(F)F)cc45)C3)C2)ccc2[nH]c(C#N)cc12. The zero-order valence-electron chi connectivity index (χ0n) is 37.8. The van der Waals surface area contributed by atoms with E-state index in [2.05, 4.69) is 86.7 Å². The monoisotopic (exact) mass is 986 g/mol. The van der Waals surface area contributed by atoms with Crippen LogP contribution in [0.5, 0.6) is 0 Å². The van der Waals surface area contributed by atoms with Crippen LogP contribution in [0.3, 0.4) is 0 Å². The fourth-order valence-electron chi connectivity index (χ4n) is 10.5. The Kier molecular flexibility index (Phi) is 12.4. The van der Waals surface area contributed by atoms with E-state index in [4.69, 9.17) is 0 Å². The molecular weight excluding hydrogens is 939 g/mol. The van der Waals surface area contributed by atoms with Crippen molar-refractivity contribution in [3.8, 4) is 6.07 Å². The Balaban J connectivity index is 0.000000161. The number of hydrogen-bond donors (Lipinski definition) is 3. The fraction of sp³-hybridized carbons (Fsp3) is 0.417. The number of nitriles is 1. The number of anilines is 2. The third-order valence-electron chi connectivity index (χ3n) is 13.6. The van der Waals surface area contributed by atoms with Gasteiger partial charge in [-0.3, -0.25) is 4.90 Å². The van der Waals surface area contributed by atoms with Crippen LogP contribution in [0.2, 0.25) is 0 Å². The second kappa shape index (κ2) is 18.3. The molecule has 3 saturated heterocycles. The Hall–Kier alpha value is -6.08. The molecule has 0 radical (unpaired) electrons. The number of thiophene rings is 2. The maximum Gasteiger partial charge on any atom is 0.393 e. The summed E-state index contributed by atoms with van der Waals surface area (Å²) < 4.78 is 77.2. The predicted molar refractivity (Wildman–Crippen MR) is 257 cm³/mol. The molecule has 11 rings (SSSR count). The molecule has 1 spiro atoms. The van der Waals surface area contributed by atoms with Gasteiger partial charge in [-0.25, -0.2) is 24.7 Å². The van der Waals surface area contributed by atoms with Crippen molar-refractivity contribution in [2.75, 3.05) is 62.7 Å². The number of imidazole rings is 1. The molecule has 2 aromatic carbocycles. The van der Waals surface area contributed by atoms with Crippen LogP contribution in [-0.4, -0.2) is 110 Å². The standard InChI is InChI=1S/C26H25F3N6S.C22H23F3N6OS/c1-16-17(2-3-22-20(16)8-18(11-30)33-22)12-34-6-4-25(13-34)5-7-35(14-25)23-21-9-19(10-26(27,28)29)36-24(21)32-15-31-23;1-30(9-13-2-3-17-18(6-13)29-21(32)28-17)10-14-4-5-31(11-14)19-16-7-15(8-22(23,24)25)33-20(16)27-12-26-19/h2-3,8-9,15,33H,4-7,10,12-14H2,1H3;2-3,6-7,12,14H,4-5,8-11H2,1H3,(H2,28,29,32)/t25-;/m0./s1. The average molecular weight is 987 g/mol. The maximum absolute atomic E-state index is 12.9. The molecule has 3 aliphatic rings. The molecule has 3 N–H and O–H groups in total. The van der Waals surface area contributed by atoms with Crippen LogP contribution in [0.25, 0.3) is 42.4 Å². The Labute approximate surface area is 399 Å². The summed E-state index contributed by atoms with van der Waals surface area (Å²) in [6, 6.07) is 17.4. The minimum Gasteiger partial charge on any atom is -0.356 e.